The Labute approximate surface area is 70.4 Å². The second-order valence-corrected chi connectivity index (χ2v) is 2.84. The van der Waals surface area contributed by atoms with Crippen LogP contribution in [0.3, 0.4) is 0 Å². The highest BCUT2D eigenvalue weighted by Crippen LogP contribution is 2.14. The number of hydrogen-bond donors (Lipinski definition) is 0. The summed E-state index contributed by atoms with van der Waals surface area (Å²) in [4.78, 5) is 0. The maximum Gasteiger partial charge on any atom is 0.0135 e. The second-order valence-electron chi connectivity index (χ2n) is 2.28. The van der Waals surface area contributed by atoms with Gasteiger partial charge in [-0.2, -0.15) is 0 Å². The van der Waals surface area contributed by atoms with Crippen LogP contribution in [0.15, 0.2) is 30.3 Å². The smallest absolute Gasteiger partial charge is 0.0135 e. The molecule has 0 heterocycles. The van der Waals surface area contributed by atoms with Crippen molar-refractivity contribution in [2.75, 3.05) is 5.33 Å². The van der Waals surface area contributed by atoms with Gasteiger partial charge in [-0.3, -0.25) is 0 Å². The molecule has 0 bridgehead atoms. The van der Waals surface area contributed by atoms with Crippen molar-refractivity contribution in [3.8, 4) is 0 Å². The summed E-state index contributed by atoms with van der Waals surface area (Å²) in [7, 11) is 0. The monoisotopic (exact) mass is 197 g/mol. The maximum atomic E-state index is 3.41. The van der Waals surface area contributed by atoms with E-state index in [2.05, 4.69) is 47.1 Å². The molecule has 0 amide bonds. The normalized spacial score (nSPS) is 10.3. The summed E-state index contributed by atoms with van der Waals surface area (Å²) in [6.45, 7) is 2.13. The summed E-state index contributed by atoms with van der Waals surface area (Å²) in [5.74, 6) is 1.38. The summed E-state index contributed by atoms with van der Waals surface area (Å²) >= 11 is 3.41. The van der Waals surface area contributed by atoms with Crippen LogP contribution in [0.2, 0.25) is 0 Å². The van der Waals surface area contributed by atoms with E-state index < -0.39 is 0 Å². The molecule has 0 N–H and O–H groups in total. The van der Waals surface area contributed by atoms with Gasteiger partial charge in [-0.15, -0.1) is 0 Å². The second kappa shape index (κ2) is 3.77. The highest BCUT2D eigenvalue weighted by atomic mass is 79.9. The van der Waals surface area contributed by atoms with Crippen LogP contribution in [0.5, 0.6) is 0 Å². The van der Waals surface area contributed by atoms with Crippen LogP contribution in [-0.2, 0) is 0 Å². The number of rotatable bonds is 2. The lowest BCUT2D eigenvalue weighted by Crippen LogP contribution is -1.93. The molecule has 1 aromatic rings. The average molecular weight is 198 g/mol. The molecule has 0 aliphatic heterocycles. The quantitative estimate of drug-likeness (QED) is 0.640. The van der Waals surface area contributed by atoms with Crippen molar-refractivity contribution in [1.82, 2.24) is 0 Å². The molecular weight excluding hydrogens is 188 g/mol. The third-order valence-corrected chi connectivity index (χ3v) is 2.31. The van der Waals surface area contributed by atoms with Gasteiger partial charge in [-0.05, 0) is 5.56 Å². The number of hydrogen-bond acceptors (Lipinski definition) is 0. The largest absolute Gasteiger partial charge is 0.0918 e. The molecule has 0 spiro atoms. The fourth-order valence-electron chi connectivity index (χ4n) is 0.800. The van der Waals surface area contributed by atoms with Crippen LogP contribution in [0.1, 0.15) is 12.5 Å². The number of halogens is 1. The predicted molar refractivity (Wildman–Crippen MR) is 48.3 cm³/mol. The van der Waals surface area contributed by atoms with E-state index in [1.807, 2.05) is 6.07 Å². The molecule has 1 heteroatoms. The molecule has 0 atom stereocenters. The highest BCUT2D eigenvalue weighted by Gasteiger charge is 2.00. The average Bonchev–Trinajstić information content (AvgIpc) is 2.05. The van der Waals surface area contributed by atoms with Gasteiger partial charge in [0, 0.05) is 11.2 Å². The van der Waals surface area contributed by atoms with Gasteiger partial charge in [0.2, 0.25) is 0 Å². The Kier molecular flexibility index (Phi) is 2.94. The van der Waals surface area contributed by atoms with Crippen LogP contribution in [-0.4, -0.2) is 5.33 Å². The van der Waals surface area contributed by atoms with Gasteiger partial charge in [-0.25, -0.2) is 0 Å². The van der Waals surface area contributed by atoms with Crippen LogP contribution in [0, 0.1) is 5.92 Å². The molecule has 0 aromatic heterocycles. The standard InChI is InChI=1S/C9H10Br/c1-8(7-10)9-5-3-2-4-6-9/h2-6H,7H2,1H3. The minimum Gasteiger partial charge on any atom is -0.0918 e. The van der Waals surface area contributed by atoms with Gasteiger partial charge >= 0.3 is 0 Å². The van der Waals surface area contributed by atoms with Crippen molar-refractivity contribution < 1.29 is 0 Å². The van der Waals surface area contributed by atoms with E-state index in [9.17, 15) is 0 Å². The van der Waals surface area contributed by atoms with Gasteiger partial charge in [0.1, 0.15) is 0 Å². The Bertz CT molecular complexity index is 181. The Morgan fingerprint density at radius 1 is 1.30 bits per heavy atom. The topological polar surface area (TPSA) is 0 Å². The minimum atomic E-state index is 0.955. The molecule has 0 nitrogen and oxygen atoms in total. The fourth-order valence-corrected chi connectivity index (χ4v) is 1.12. The van der Waals surface area contributed by atoms with Crippen molar-refractivity contribution >= 4 is 15.9 Å². The minimum absolute atomic E-state index is 0.955. The summed E-state index contributed by atoms with van der Waals surface area (Å²) < 4.78 is 0. The molecule has 53 valence electrons. The van der Waals surface area contributed by atoms with Crippen molar-refractivity contribution in [2.24, 2.45) is 0 Å². The zero-order valence-electron chi connectivity index (χ0n) is 5.97. The molecule has 0 fully saturated rings. The molecule has 1 aromatic carbocycles. The highest BCUT2D eigenvalue weighted by molar-refractivity contribution is 9.09. The summed E-state index contributed by atoms with van der Waals surface area (Å²) in [6, 6.07) is 10.4. The van der Waals surface area contributed by atoms with Crippen molar-refractivity contribution in [3.63, 3.8) is 0 Å². The zero-order chi connectivity index (χ0) is 7.40. The first kappa shape index (κ1) is 7.80. The molecule has 0 saturated heterocycles. The van der Waals surface area contributed by atoms with Crippen molar-refractivity contribution in [3.05, 3.63) is 41.8 Å². The van der Waals surface area contributed by atoms with Gasteiger partial charge in [-0.1, -0.05) is 53.2 Å². The van der Waals surface area contributed by atoms with Crippen LogP contribution >= 0.6 is 15.9 Å². The van der Waals surface area contributed by atoms with Crippen LogP contribution in [0.4, 0.5) is 0 Å². The summed E-state index contributed by atoms with van der Waals surface area (Å²) in [6.07, 6.45) is 0. The lowest BCUT2D eigenvalue weighted by molar-refractivity contribution is 1.17. The SMILES string of the molecule is C[C](CBr)c1ccccc1. The van der Waals surface area contributed by atoms with E-state index in [1.54, 1.807) is 0 Å². The van der Waals surface area contributed by atoms with E-state index >= 15 is 0 Å². The number of alkyl halides is 1. The third-order valence-electron chi connectivity index (χ3n) is 1.47. The third kappa shape index (κ3) is 1.84. The zero-order valence-corrected chi connectivity index (χ0v) is 7.56. The van der Waals surface area contributed by atoms with Crippen molar-refractivity contribution in [2.45, 2.75) is 6.92 Å². The van der Waals surface area contributed by atoms with E-state index in [1.165, 1.54) is 11.5 Å². The van der Waals surface area contributed by atoms with E-state index in [0.29, 0.717) is 0 Å². The van der Waals surface area contributed by atoms with E-state index in [4.69, 9.17) is 0 Å². The van der Waals surface area contributed by atoms with Gasteiger partial charge < -0.3 is 0 Å². The summed E-state index contributed by atoms with van der Waals surface area (Å²) in [5.41, 5.74) is 1.32. The van der Waals surface area contributed by atoms with Crippen LogP contribution < -0.4 is 0 Å². The molecule has 0 saturated carbocycles. The predicted octanol–water partition coefficient (Wildman–Crippen LogP) is 3.02. The molecule has 1 radical (unpaired) electrons. The van der Waals surface area contributed by atoms with E-state index in [-0.39, 0.29) is 0 Å². The van der Waals surface area contributed by atoms with Gasteiger partial charge in [0.05, 0.1) is 0 Å². The Balaban J connectivity index is 2.75. The molecule has 0 aliphatic rings. The van der Waals surface area contributed by atoms with Crippen molar-refractivity contribution in [1.29, 1.82) is 0 Å². The number of benzene rings is 1. The Morgan fingerprint density at radius 2 is 1.90 bits per heavy atom. The molecule has 0 aliphatic carbocycles. The molecule has 10 heavy (non-hydrogen) atoms. The Hall–Kier alpha value is -0.300. The Morgan fingerprint density at radius 3 is 2.40 bits per heavy atom. The van der Waals surface area contributed by atoms with Gasteiger partial charge in [0.15, 0.2) is 0 Å². The molecule has 1 rings (SSSR count). The van der Waals surface area contributed by atoms with Crippen LogP contribution in [0.25, 0.3) is 0 Å². The lowest BCUT2D eigenvalue weighted by atomic mass is 10.0. The maximum absolute atomic E-state index is 3.41. The lowest BCUT2D eigenvalue weighted by Gasteiger charge is -2.04. The first-order chi connectivity index (χ1) is 4.84. The molecular formula is C9H10Br. The molecule has 0 unspecified atom stereocenters. The first-order valence-corrected chi connectivity index (χ1v) is 4.40. The van der Waals surface area contributed by atoms with E-state index in [0.717, 1.165) is 5.33 Å². The first-order valence-electron chi connectivity index (χ1n) is 3.28. The van der Waals surface area contributed by atoms with Gasteiger partial charge in [0.25, 0.3) is 0 Å². The fraction of sp³-hybridized carbons (Fsp3) is 0.222. The summed E-state index contributed by atoms with van der Waals surface area (Å²) in [5, 5.41) is 0.955.